The Labute approximate surface area is 255 Å². The van der Waals surface area contributed by atoms with E-state index in [-0.39, 0.29) is 43.3 Å². The van der Waals surface area contributed by atoms with Gasteiger partial charge < -0.3 is 48.7 Å². The number of ether oxygens (including phenoxy) is 1. The standard InChI is InChI=1S/C22H30N10O7P2S2/c1-11-12(3-14(11)31-9-29-16-18(23)25-7-27-20(16)31)5-36-41(34,43)39-15-4-13(6-37-40(33,42)35-2)38-22(15)32-10-30-17-19(24)26-8-28-21(17)32/h7-15,22H,3-6H2,1-2H3,(H,33,42)(H,34,43)(H2,23,25,27)(H2,24,26,28)/t11-,12-,13+,14-,15-,22-,40?,41?/m1/s1. The van der Waals surface area contributed by atoms with E-state index in [1.165, 1.54) is 26.1 Å². The van der Waals surface area contributed by atoms with Crippen molar-refractivity contribution in [3.05, 3.63) is 25.3 Å². The molecule has 1 saturated heterocycles. The van der Waals surface area contributed by atoms with Gasteiger partial charge in [-0.2, -0.15) is 0 Å². The van der Waals surface area contributed by atoms with E-state index < -0.39 is 31.9 Å². The molecule has 0 aromatic carbocycles. The van der Waals surface area contributed by atoms with Gasteiger partial charge in [-0.05, 0) is 41.9 Å². The molecular formula is C22H30N10O7P2S2. The molecule has 4 aromatic rings. The first-order chi connectivity index (χ1) is 20.5. The fraction of sp³-hybridized carbons (Fsp3) is 0.545. The first kappa shape index (κ1) is 30.7. The van der Waals surface area contributed by atoms with Crippen LogP contribution in [0.25, 0.3) is 22.3 Å². The van der Waals surface area contributed by atoms with Crippen LogP contribution in [-0.2, 0) is 46.4 Å². The fourth-order valence-electron chi connectivity index (χ4n) is 5.40. The minimum Gasteiger partial charge on any atom is -0.382 e. The van der Waals surface area contributed by atoms with Gasteiger partial charge in [0, 0.05) is 19.6 Å². The maximum Gasteiger partial charge on any atom is 0.324 e. The summed E-state index contributed by atoms with van der Waals surface area (Å²) < 4.78 is 31.9. The molecule has 1 aliphatic carbocycles. The molecule has 0 spiro atoms. The summed E-state index contributed by atoms with van der Waals surface area (Å²) >= 11 is 10.4. The van der Waals surface area contributed by atoms with Crippen molar-refractivity contribution in [1.82, 2.24) is 39.0 Å². The topological polar surface area (TPSA) is 226 Å². The Balaban J connectivity index is 1.13. The van der Waals surface area contributed by atoms with Crippen LogP contribution in [0.2, 0.25) is 0 Å². The number of hydrogen-bond donors (Lipinski definition) is 4. The Kier molecular flexibility index (Phi) is 8.51. The predicted molar refractivity (Wildman–Crippen MR) is 161 cm³/mol. The number of aromatic nitrogens is 8. The van der Waals surface area contributed by atoms with E-state index >= 15 is 0 Å². The molecule has 232 valence electrons. The van der Waals surface area contributed by atoms with Crippen LogP contribution < -0.4 is 11.5 Å². The van der Waals surface area contributed by atoms with Crippen molar-refractivity contribution >= 4 is 71.0 Å². The zero-order valence-corrected chi connectivity index (χ0v) is 26.4. The van der Waals surface area contributed by atoms with Crippen LogP contribution in [0.3, 0.4) is 0 Å². The number of rotatable bonds is 11. The van der Waals surface area contributed by atoms with Gasteiger partial charge in [-0.25, -0.2) is 29.9 Å². The van der Waals surface area contributed by atoms with Gasteiger partial charge in [0.15, 0.2) is 29.2 Å². The average molecular weight is 673 g/mol. The highest BCUT2D eigenvalue weighted by molar-refractivity contribution is 8.07. The van der Waals surface area contributed by atoms with Gasteiger partial charge in [-0.1, -0.05) is 6.92 Å². The van der Waals surface area contributed by atoms with E-state index in [1.54, 1.807) is 10.9 Å². The highest BCUT2D eigenvalue weighted by Gasteiger charge is 2.44. The molecule has 43 heavy (non-hydrogen) atoms. The van der Waals surface area contributed by atoms with Gasteiger partial charge >= 0.3 is 13.4 Å². The monoisotopic (exact) mass is 672 g/mol. The summed E-state index contributed by atoms with van der Waals surface area (Å²) in [5, 5.41) is 0. The Morgan fingerprint density at radius 1 is 0.907 bits per heavy atom. The second-order valence-electron chi connectivity index (χ2n) is 10.3. The van der Waals surface area contributed by atoms with Gasteiger partial charge in [-0.15, -0.1) is 0 Å². The molecule has 2 fully saturated rings. The third-order valence-corrected chi connectivity index (χ3v) is 11.1. The van der Waals surface area contributed by atoms with Gasteiger partial charge in [-0.3, -0.25) is 4.57 Å². The Hall–Kier alpha value is -2.28. The number of fused-ring (bicyclic) bond motifs is 2. The molecule has 5 heterocycles. The largest absolute Gasteiger partial charge is 0.382 e. The van der Waals surface area contributed by atoms with Crippen molar-refractivity contribution < 1.29 is 32.6 Å². The Morgan fingerprint density at radius 3 is 2.14 bits per heavy atom. The quantitative estimate of drug-likeness (QED) is 0.167. The second kappa shape index (κ2) is 11.9. The third-order valence-electron chi connectivity index (χ3n) is 7.82. The first-order valence-electron chi connectivity index (χ1n) is 13.2. The zero-order chi connectivity index (χ0) is 30.5. The maximum absolute atomic E-state index is 11.1. The van der Waals surface area contributed by atoms with Crippen LogP contribution in [-0.4, -0.2) is 81.4 Å². The lowest BCUT2D eigenvalue weighted by Crippen LogP contribution is -2.39. The summed E-state index contributed by atoms with van der Waals surface area (Å²) in [4.78, 5) is 46.4. The lowest BCUT2D eigenvalue weighted by Gasteiger charge is -2.43. The molecule has 0 amide bonds. The Bertz CT molecular complexity index is 1740. The molecule has 17 nitrogen and oxygen atoms in total. The highest BCUT2D eigenvalue weighted by atomic mass is 32.5. The van der Waals surface area contributed by atoms with Crippen molar-refractivity contribution in [3.8, 4) is 0 Å². The van der Waals surface area contributed by atoms with Gasteiger partial charge in [0.25, 0.3) is 0 Å². The number of nitrogens with two attached hydrogens (primary N) is 2. The number of nitrogens with zero attached hydrogens (tertiary/aromatic N) is 8. The minimum atomic E-state index is -3.74. The number of hydrogen-bond acceptors (Lipinski definition) is 15. The molecule has 6 N–H and O–H groups in total. The van der Waals surface area contributed by atoms with Gasteiger partial charge in [0.1, 0.15) is 29.8 Å². The summed E-state index contributed by atoms with van der Waals surface area (Å²) in [6.45, 7) is -4.97. The van der Waals surface area contributed by atoms with Crippen molar-refractivity contribution in [3.63, 3.8) is 0 Å². The summed E-state index contributed by atoms with van der Waals surface area (Å²) in [7, 11) is 1.26. The van der Waals surface area contributed by atoms with Gasteiger partial charge in [0.2, 0.25) is 0 Å². The Morgan fingerprint density at radius 2 is 1.51 bits per heavy atom. The van der Waals surface area contributed by atoms with Gasteiger partial charge in [0.05, 0.1) is 32.0 Å². The van der Waals surface area contributed by atoms with Crippen LogP contribution in [0.15, 0.2) is 25.3 Å². The second-order valence-corrected chi connectivity index (χ2v) is 16.1. The zero-order valence-electron chi connectivity index (χ0n) is 23.0. The number of anilines is 2. The molecule has 4 aromatic heterocycles. The van der Waals surface area contributed by atoms with E-state index in [4.69, 9.17) is 57.9 Å². The van der Waals surface area contributed by atoms with Crippen molar-refractivity contribution in [2.24, 2.45) is 11.8 Å². The summed E-state index contributed by atoms with van der Waals surface area (Å²) in [5.74, 6) is 0.813. The molecule has 0 radical (unpaired) electrons. The van der Waals surface area contributed by atoms with E-state index in [9.17, 15) is 9.79 Å². The molecule has 2 unspecified atom stereocenters. The van der Waals surface area contributed by atoms with Crippen LogP contribution in [0.1, 0.15) is 32.0 Å². The molecule has 6 rings (SSSR count). The lowest BCUT2D eigenvalue weighted by molar-refractivity contribution is -0.0460. The molecule has 1 saturated carbocycles. The van der Waals surface area contributed by atoms with Crippen LogP contribution >= 0.6 is 13.4 Å². The summed E-state index contributed by atoms with van der Waals surface area (Å²) in [6.07, 6.45) is 4.70. The highest BCUT2D eigenvalue weighted by Crippen LogP contribution is 2.53. The van der Waals surface area contributed by atoms with Crippen LogP contribution in [0, 0.1) is 11.8 Å². The number of imidazole rings is 2. The van der Waals surface area contributed by atoms with Crippen molar-refractivity contribution in [1.29, 1.82) is 0 Å². The molecular weight excluding hydrogens is 642 g/mol. The van der Waals surface area contributed by atoms with Crippen LogP contribution in [0.4, 0.5) is 11.6 Å². The average Bonchev–Trinajstić information content (AvgIpc) is 3.69. The summed E-state index contributed by atoms with van der Waals surface area (Å²) in [6, 6.07) is 0.126. The molecule has 2 aliphatic rings. The minimum absolute atomic E-state index is 0.0859. The van der Waals surface area contributed by atoms with E-state index in [0.29, 0.717) is 28.1 Å². The SMILES string of the molecule is COP(O)(=S)OC[C@@H]1C[C@@H](OP(O)(=S)OC[C@H]2C[C@@H](n3cnc4c(N)ncnc43)[C@@H]2C)[C@H](n2cnc3c(N)ncnc32)O1. The van der Waals surface area contributed by atoms with E-state index in [1.807, 2.05) is 4.57 Å². The molecule has 0 bridgehead atoms. The first-order valence-corrected chi connectivity index (χ1v) is 18.3. The summed E-state index contributed by atoms with van der Waals surface area (Å²) in [5.41, 5.74) is 13.9. The van der Waals surface area contributed by atoms with Crippen molar-refractivity contribution in [2.75, 3.05) is 31.8 Å². The van der Waals surface area contributed by atoms with Crippen LogP contribution in [0.5, 0.6) is 0 Å². The van der Waals surface area contributed by atoms with E-state index in [0.717, 1.165) is 6.42 Å². The molecule has 21 heteroatoms. The molecule has 1 aliphatic heterocycles. The number of nitrogen functional groups attached to an aromatic ring is 2. The predicted octanol–water partition coefficient (Wildman–Crippen LogP) is 1.81. The molecule has 8 atom stereocenters. The third kappa shape index (κ3) is 6.17. The lowest BCUT2D eigenvalue weighted by atomic mass is 9.70. The van der Waals surface area contributed by atoms with Crippen molar-refractivity contribution in [2.45, 2.75) is 44.2 Å². The maximum atomic E-state index is 11.1. The fourth-order valence-corrected chi connectivity index (χ4v) is 7.53. The smallest absolute Gasteiger partial charge is 0.324 e. The van der Waals surface area contributed by atoms with E-state index in [2.05, 4.69) is 36.8 Å². The normalized spacial score (nSPS) is 28.6.